The Morgan fingerprint density at radius 2 is 2.05 bits per heavy atom. The van der Waals surface area contributed by atoms with Crippen molar-refractivity contribution < 1.29 is 23.1 Å². The molecule has 19 heavy (non-hydrogen) atoms. The second kappa shape index (κ2) is 5.13. The zero-order valence-electron chi connectivity index (χ0n) is 9.55. The number of benzene rings is 1. The summed E-state index contributed by atoms with van der Waals surface area (Å²) in [6.07, 6.45) is 1.91. The van der Waals surface area contributed by atoms with Gasteiger partial charge in [-0.15, -0.1) is 0 Å². The molecule has 0 radical (unpaired) electrons. The number of alkyl halides is 2. The summed E-state index contributed by atoms with van der Waals surface area (Å²) >= 11 is 0. The average molecular weight is 270 g/mol. The molecule has 4 nitrogen and oxygen atoms in total. The minimum Gasteiger partial charge on any atom is -0.481 e. The fraction of sp³-hybridized carbons (Fsp3) is 0.167. The van der Waals surface area contributed by atoms with Crippen LogP contribution in [0.3, 0.4) is 0 Å². The summed E-state index contributed by atoms with van der Waals surface area (Å²) in [5.74, 6) is -1.72. The van der Waals surface area contributed by atoms with Gasteiger partial charge >= 0.3 is 12.5 Å². The number of carboxylic acids is 1. The molecule has 0 spiro atoms. The Kier molecular flexibility index (Phi) is 3.55. The third-order valence-electron chi connectivity index (χ3n) is 2.45. The summed E-state index contributed by atoms with van der Waals surface area (Å²) in [6, 6.07) is 3.66. The van der Waals surface area contributed by atoms with E-state index in [9.17, 15) is 18.0 Å². The van der Waals surface area contributed by atoms with E-state index < -0.39 is 18.3 Å². The minimum absolute atomic E-state index is 0.257. The van der Waals surface area contributed by atoms with Gasteiger partial charge in [0, 0.05) is 11.8 Å². The number of hydrogen-bond donors (Lipinski definition) is 1. The molecule has 0 saturated heterocycles. The Morgan fingerprint density at radius 3 is 2.63 bits per heavy atom. The Balaban J connectivity index is 2.37. The summed E-state index contributed by atoms with van der Waals surface area (Å²) < 4.78 is 38.6. The van der Waals surface area contributed by atoms with Crippen molar-refractivity contribution in [1.29, 1.82) is 0 Å². The Morgan fingerprint density at radius 1 is 1.32 bits per heavy atom. The lowest BCUT2D eigenvalue weighted by Crippen LogP contribution is -2.00. The monoisotopic (exact) mass is 270 g/mol. The number of aliphatic carboxylic acids is 1. The Labute approximate surface area is 106 Å². The largest absolute Gasteiger partial charge is 0.481 e. The summed E-state index contributed by atoms with van der Waals surface area (Å²) in [4.78, 5) is 10.6. The smallest absolute Gasteiger partial charge is 0.333 e. The van der Waals surface area contributed by atoms with Gasteiger partial charge in [0.05, 0.1) is 12.6 Å². The molecule has 0 unspecified atom stereocenters. The first-order valence-corrected chi connectivity index (χ1v) is 5.29. The highest BCUT2D eigenvalue weighted by Crippen LogP contribution is 2.23. The molecule has 0 saturated carbocycles. The summed E-state index contributed by atoms with van der Waals surface area (Å²) in [6.45, 7) is -2.78. The second-order valence-corrected chi connectivity index (χ2v) is 3.91. The van der Waals surface area contributed by atoms with Crippen LogP contribution < -0.4 is 0 Å². The highest BCUT2D eigenvalue weighted by Gasteiger charge is 2.11. The first-order chi connectivity index (χ1) is 8.95. The molecular formula is C12H9F3N2O2. The maximum absolute atomic E-state index is 13.4. The summed E-state index contributed by atoms with van der Waals surface area (Å²) in [5, 5.41) is 12.1. The number of rotatable bonds is 4. The maximum atomic E-state index is 13.4. The fourth-order valence-corrected chi connectivity index (χ4v) is 1.69. The van der Waals surface area contributed by atoms with Crippen LogP contribution in [0.25, 0.3) is 11.1 Å². The number of nitrogens with zero attached hydrogens (tertiary/aromatic N) is 2. The minimum atomic E-state index is -2.78. The van der Waals surface area contributed by atoms with Gasteiger partial charge in [-0.3, -0.25) is 4.79 Å². The van der Waals surface area contributed by atoms with Crippen molar-refractivity contribution in [3.05, 3.63) is 42.0 Å². The van der Waals surface area contributed by atoms with Crippen molar-refractivity contribution in [2.24, 2.45) is 0 Å². The van der Waals surface area contributed by atoms with E-state index in [-0.39, 0.29) is 12.0 Å². The van der Waals surface area contributed by atoms with Gasteiger partial charge in [0.15, 0.2) is 0 Å². The van der Waals surface area contributed by atoms with Crippen LogP contribution >= 0.6 is 0 Å². The van der Waals surface area contributed by atoms with Crippen molar-refractivity contribution in [3.8, 4) is 11.1 Å². The molecule has 0 aliphatic carbocycles. The highest BCUT2D eigenvalue weighted by molar-refractivity contribution is 5.72. The Hall–Kier alpha value is -2.31. The normalized spacial score (nSPS) is 10.9. The molecule has 0 fully saturated rings. The molecular weight excluding hydrogens is 261 g/mol. The van der Waals surface area contributed by atoms with Crippen molar-refractivity contribution in [3.63, 3.8) is 0 Å². The molecule has 2 aromatic rings. The number of hydrogen-bond acceptors (Lipinski definition) is 2. The first kappa shape index (κ1) is 13.1. The zero-order valence-corrected chi connectivity index (χ0v) is 9.55. The van der Waals surface area contributed by atoms with E-state index in [4.69, 9.17) is 5.11 Å². The van der Waals surface area contributed by atoms with Crippen LogP contribution in [-0.4, -0.2) is 20.9 Å². The van der Waals surface area contributed by atoms with E-state index in [2.05, 4.69) is 5.10 Å². The number of carboxylic acid groups (broad SMARTS) is 1. The molecule has 1 aromatic heterocycles. The molecule has 0 atom stereocenters. The molecule has 100 valence electrons. The van der Waals surface area contributed by atoms with Crippen LogP contribution in [0.5, 0.6) is 0 Å². The number of halogens is 3. The molecule has 0 bridgehead atoms. The molecule has 1 heterocycles. The van der Waals surface area contributed by atoms with Gasteiger partial charge in [0.1, 0.15) is 5.82 Å². The second-order valence-electron chi connectivity index (χ2n) is 3.91. The number of aromatic nitrogens is 2. The molecule has 0 amide bonds. The van der Waals surface area contributed by atoms with Crippen molar-refractivity contribution in [2.45, 2.75) is 13.0 Å². The third-order valence-corrected chi connectivity index (χ3v) is 2.45. The van der Waals surface area contributed by atoms with E-state index in [1.54, 1.807) is 0 Å². The zero-order chi connectivity index (χ0) is 14.0. The van der Waals surface area contributed by atoms with Crippen LogP contribution in [0, 0.1) is 5.82 Å². The predicted octanol–water partition coefficient (Wildman–Crippen LogP) is 2.71. The van der Waals surface area contributed by atoms with E-state index in [1.807, 2.05) is 0 Å². The summed E-state index contributed by atoms with van der Waals surface area (Å²) in [7, 11) is 0. The van der Waals surface area contributed by atoms with Gasteiger partial charge in [0.2, 0.25) is 0 Å². The molecule has 0 aliphatic rings. The van der Waals surface area contributed by atoms with Gasteiger partial charge in [-0.2, -0.15) is 13.9 Å². The van der Waals surface area contributed by atoms with Crippen LogP contribution in [0.2, 0.25) is 0 Å². The van der Waals surface area contributed by atoms with E-state index in [1.165, 1.54) is 12.3 Å². The quantitative estimate of drug-likeness (QED) is 0.929. The van der Waals surface area contributed by atoms with Crippen molar-refractivity contribution in [1.82, 2.24) is 9.78 Å². The van der Waals surface area contributed by atoms with Crippen LogP contribution in [-0.2, 0) is 11.2 Å². The Bertz CT molecular complexity index is 611. The lowest BCUT2D eigenvalue weighted by molar-refractivity contribution is -0.136. The highest BCUT2D eigenvalue weighted by atomic mass is 19.3. The average Bonchev–Trinajstić information content (AvgIpc) is 2.76. The standard InChI is InChI=1S/C12H9F3N2O2/c13-10-2-7(3-11(18)19)1-8(4-10)9-5-16-17(6-9)12(14)15/h1-2,4-6,12H,3H2,(H,18,19). The molecule has 1 aromatic carbocycles. The van der Waals surface area contributed by atoms with Gasteiger partial charge in [0.25, 0.3) is 0 Å². The fourth-order valence-electron chi connectivity index (χ4n) is 1.69. The van der Waals surface area contributed by atoms with Crippen LogP contribution in [0.4, 0.5) is 13.2 Å². The first-order valence-electron chi connectivity index (χ1n) is 5.29. The van der Waals surface area contributed by atoms with Gasteiger partial charge in [-0.25, -0.2) is 9.07 Å². The molecule has 2 rings (SSSR count). The lowest BCUT2D eigenvalue weighted by atomic mass is 10.0. The number of carbonyl (C=O) groups is 1. The van der Waals surface area contributed by atoms with Gasteiger partial charge < -0.3 is 5.11 Å². The molecule has 1 N–H and O–H groups in total. The van der Waals surface area contributed by atoms with Crippen molar-refractivity contribution in [2.75, 3.05) is 0 Å². The van der Waals surface area contributed by atoms with Gasteiger partial charge in [-0.1, -0.05) is 6.07 Å². The molecule has 7 heteroatoms. The predicted molar refractivity (Wildman–Crippen MR) is 60.2 cm³/mol. The maximum Gasteiger partial charge on any atom is 0.333 e. The lowest BCUT2D eigenvalue weighted by Gasteiger charge is -2.03. The summed E-state index contributed by atoms with van der Waals surface area (Å²) in [5.41, 5.74) is 0.863. The van der Waals surface area contributed by atoms with Crippen LogP contribution in [0.1, 0.15) is 12.1 Å². The van der Waals surface area contributed by atoms with Gasteiger partial charge in [-0.05, 0) is 23.3 Å². The van der Waals surface area contributed by atoms with E-state index >= 15 is 0 Å². The van der Waals surface area contributed by atoms with Crippen molar-refractivity contribution >= 4 is 5.97 Å². The van der Waals surface area contributed by atoms with Crippen LogP contribution in [0.15, 0.2) is 30.6 Å². The third kappa shape index (κ3) is 3.12. The molecule has 0 aliphatic heterocycles. The SMILES string of the molecule is O=C(O)Cc1cc(F)cc(-c2cnn(C(F)F)c2)c1. The topological polar surface area (TPSA) is 55.1 Å². The van der Waals surface area contributed by atoms with E-state index in [0.29, 0.717) is 15.8 Å². The van der Waals surface area contributed by atoms with E-state index in [0.717, 1.165) is 18.3 Å².